The molecule has 180 valence electrons. The van der Waals surface area contributed by atoms with Crippen molar-refractivity contribution in [2.75, 3.05) is 43.0 Å². The van der Waals surface area contributed by atoms with E-state index in [0.717, 1.165) is 12.4 Å². The van der Waals surface area contributed by atoms with Crippen LogP contribution >= 0.6 is 0 Å². The molecule has 0 aromatic carbocycles. The molecule has 12 nitrogen and oxygen atoms in total. The summed E-state index contributed by atoms with van der Waals surface area (Å²) in [7, 11) is 0. The first-order valence-electron chi connectivity index (χ1n) is 10.0. The number of H-pyrrole nitrogens is 1. The van der Waals surface area contributed by atoms with Crippen LogP contribution in [0.2, 0.25) is 0 Å². The van der Waals surface area contributed by atoms with Crippen LogP contribution in [-0.2, 0) is 15.8 Å². The molecule has 1 amide bonds. The number of hydrogen-bond acceptors (Lipinski definition) is 10. The molecular weight excluding hydrogens is 459 g/mol. The molecule has 2 aromatic rings. The standard InChI is InChI=1S/C19H20F3N9O3/c1-12(28-14-10-26-29-17(33)16(14)19(20,21)22)7-27-34-11-15(32)30-2-4-31(5-3-30)18-24-8-13(6-23)9-25-18/h7-10,12H,2-5,11H2,1H3,(H2,28,29,33). The van der Waals surface area contributed by atoms with Gasteiger partial charge in [0.1, 0.15) is 11.6 Å². The first kappa shape index (κ1) is 24.4. The summed E-state index contributed by atoms with van der Waals surface area (Å²) in [6, 6.07) is 1.19. The van der Waals surface area contributed by atoms with Gasteiger partial charge >= 0.3 is 6.18 Å². The van der Waals surface area contributed by atoms with E-state index >= 15 is 0 Å². The summed E-state index contributed by atoms with van der Waals surface area (Å²) >= 11 is 0. The zero-order valence-corrected chi connectivity index (χ0v) is 17.9. The highest BCUT2D eigenvalue weighted by Gasteiger charge is 2.37. The predicted molar refractivity (Wildman–Crippen MR) is 113 cm³/mol. The van der Waals surface area contributed by atoms with Gasteiger partial charge in [-0.25, -0.2) is 15.1 Å². The van der Waals surface area contributed by atoms with Crippen LogP contribution in [0.1, 0.15) is 18.1 Å². The van der Waals surface area contributed by atoms with Crippen molar-refractivity contribution < 1.29 is 22.8 Å². The lowest BCUT2D eigenvalue weighted by Gasteiger charge is -2.34. The molecule has 0 aliphatic carbocycles. The van der Waals surface area contributed by atoms with Gasteiger partial charge in [0.25, 0.3) is 11.5 Å². The Labute approximate surface area is 191 Å². The number of carbonyl (C=O) groups is 1. The molecule has 1 atom stereocenters. The molecule has 3 rings (SSSR count). The van der Waals surface area contributed by atoms with Gasteiger partial charge in [-0.1, -0.05) is 5.16 Å². The van der Waals surface area contributed by atoms with Gasteiger partial charge in [0.05, 0.1) is 42.1 Å². The number of anilines is 2. The number of rotatable bonds is 7. The summed E-state index contributed by atoms with van der Waals surface area (Å²) in [5.41, 5.74) is -2.91. The molecular formula is C19H20F3N9O3. The second-order valence-corrected chi connectivity index (χ2v) is 7.20. The molecule has 2 aromatic heterocycles. The number of oxime groups is 1. The third-order valence-electron chi connectivity index (χ3n) is 4.75. The van der Waals surface area contributed by atoms with Crippen molar-refractivity contribution in [1.29, 1.82) is 5.26 Å². The van der Waals surface area contributed by atoms with Crippen molar-refractivity contribution in [3.63, 3.8) is 0 Å². The Morgan fingerprint density at radius 3 is 2.62 bits per heavy atom. The van der Waals surface area contributed by atoms with E-state index in [1.165, 1.54) is 19.3 Å². The van der Waals surface area contributed by atoms with Gasteiger partial charge in [0.15, 0.2) is 6.61 Å². The number of nitriles is 1. The van der Waals surface area contributed by atoms with Gasteiger partial charge in [0.2, 0.25) is 5.95 Å². The van der Waals surface area contributed by atoms with Crippen molar-refractivity contribution in [3.8, 4) is 6.07 Å². The van der Waals surface area contributed by atoms with E-state index in [4.69, 9.17) is 10.1 Å². The highest BCUT2D eigenvalue weighted by Crippen LogP contribution is 2.31. The summed E-state index contributed by atoms with van der Waals surface area (Å²) in [5.74, 6) is 0.161. The van der Waals surface area contributed by atoms with Crippen LogP contribution in [0.5, 0.6) is 0 Å². The number of halogens is 3. The second-order valence-electron chi connectivity index (χ2n) is 7.20. The van der Waals surface area contributed by atoms with E-state index in [1.54, 1.807) is 10.00 Å². The zero-order valence-electron chi connectivity index (χ0n) is 17.9. The zero-order chi connectivity index (χ0) is 24.7. The Morgan fingerprint density at radius 1 is 1.32 bits per heavy atom. The molecule has 34 heavy (non-hydrogen) atoms. The number of aromatic amines is 1. The van der Waals surface area contributed by atoms with Crippen LogP contribution in [0, 0.1) is 11.3 Å². The number of piperazine rings is 1. The Hall–Kier alpha value is -4.22. The number of nitrogens with zero attached hydrogens (tertiary/aromatic N) is 7. The molecule has 1 fully saturated rings. The van der Waals surface area contributed by atoms with E-state index in [0.29, 0.717) is 37.7 Å². The topological polar surface area (TPSA) is 152 Å². The smallest absolute Gasteiger partial charge is 0.386 e. The highest BCUT2D eigenvalue weighted by atomic mass is 19.4. The van der Waals surface area contributed by atoms with Gasteiger partial charge in [-0.2, -0.15) is 23.5 Å². The average Bonchev–Trinajstić information content (AvgIpc) is 2.81. The van der Waals surface area contributed by atoms with Crippen LogP contribution in [0.3, 0.4) is 0 Å². The summed E-state index contributed by atoms with van der Waals surface area (Å²) in [5, 5.41) is 20.0. The fraction of sp³-hybridized carbons (Fsp3) is 0.421. The van der Waals surface area contributed by atoms with Gasteiger partial charge in [-0.05, 0) is 6.92 Å². The largest absolute Gasteiger partial charge is 0.423 e. The van der Waals surface area contributed by atoms with Crippen LogP contribution in [0.25, 0.3) is 0 Å². The number of alkyl halides is 3. The molecule has 0 radical (unpaired) electrons. The van der Waals surface area contributed by atoms with Gasteiger partial charge < -0.3 is 20.0 Å². The van der Waals surface area contributed by atoms with Crippen molar-refractivity contribution in [1.82, 2.24) is 25.1 Å². The fourth-order valence-corrected chi connectivity index (χ4v) is 3.09. The number of carbonyl (C=O) groups excluding carboxylic acids is 1. The summed E-state index contributed by atoms with van der Waals surface area (Å²) in [6.07, 6.45) is 0.000867. The first-order valence-corrected chi connectivity index (χ1v) is 10.0. The monoisotopic (exact) mass is 479 g/mol. The van der Waals surface area contributed by atoms with E-state index in [9.17, 15) is 22.8 Å². The van der Waals surface area contributed by atoms with Crippen LogP contribution < -0.4 is 15.8 Å². The normalized spacial score (nSPS) is 15.1. The number of hydrogen-bond donors (Lipinski definition) is 2. The molecule has 1 unspecified atom stereocenters. The minimum absolute atomic E-state index is 0.309. The second kappa shape index (κ2) is 10.6. The van der Waals surface area contributed by atoms with Crippen molar-refractivity contribution in [2.24, 2.45) is 5.16 Å². The quantitative estimate of drug-likeness (QED) is 0.429. The van der Waals surface area contributed by atoms with Crippen molar-refractivity contribution in [3.05, 3.63) is 40.1 Å². The molecule has 0 bridgehead atoms. The van der Waals surface area contributed by atoms with E-state index in [-0.39, 0.29) is 12.5 Å². The van der Waals surface area contributed by atoms with Crippen molar-refractivity contribution >= 4 is 23.8 Å². The van der Waals surface area contributed by atoms with Crippen LogP contribution in [0.4, 0.5) is 24.8 Å². The fourth-order valence-electron chi connectivity index (χ4n) is 3.09. The highest BCUT2D eigenvalue weighted by molar-refractivity contribution is 5.78. The van der Waals surface area contributed by atoms with E-state index < -0.39 is 29.0 Å². The van der Waals surface area contributed by atoms with Crippen LogP contribution in [-0.4, -0.2) is 76.0 Å². The lowest BCUT2D eigenvalue weighted by molar-refractivity contribution is -0.138. The molecule has 15 heteroatoms. The Balaban J connectivity index is 1.45. The summed E-state index contributed by atoms with van der Waals surface area (Å²) in [6.45, 7) is 2.94. The maximum Gasteiger partial charge on any atom is 0.423 e. The minimum atomic E-state index is -4.87. The molecule has 1 aliphatic rings. The SMILES string of the molecule is CC(C=NOCC(=O)N1CCN(c2ncc(C#N)cn2)CC1)Nc1cn[nH]c(=O)c1C(F)(F)F. The number of amides is 1. The predicted octanol–water partition coefficient (Wildman–Crippen LogP) is 0.602. The Kier molecular flexibility index (Phi) is 7.61. The van der Waals surface area contributed by atoms with E-state index in [1.807, 2.05) is 11.0 Å². The molecule has 2 N–H and O–H groups in total. The van der Waals surface area contributed by atoms with E-state index in [2.05, 4.69) is 25.5 Å². The maximum atomic E-state index is 13.1. The van der Waals surface area contributed by atoms with Gasteiger partial charge in [0, 0.05) is 26.2 Å². The minimum Gasteiger partial charge on any atom is -0.386 e. The lowest BCUT2D eigenvalue weighted by Crippen LogP contribution is -2.50. The van der Waals surface area contributed by atoms with Gasteiger partial charge in [-0.15, -0.1) is 0 Å². The molecule has 1 aliphatic heterocycles. The summed E-state index contributed by atoms with van der Waals surface area (Å²) < 4.78 is 39.2. The molecule has 1 saturated heterocycles. The number of nitrogens with one attached hydrogen (secondary N) is 2. The first-order chi connectivity index (χ1) is 16.2. The Morgan fingerprint density at radius 2 is 2.00 bits per heavy atom. The third-order valence-corrected chi connectivity index (χ3v) is 4.75. The molecule has 0 saturated carbocycles. The molecule has 3 heterocycles. The van der Waals surface area contributed by atoms with Gasteiger partial charge in [-0.3, -0.25) is 9.59 Å². The lowest BCUT2D eigenvalue weighted by atomic mass is 10.2. The number of aromatic nitrogens is 4. The molecule has 0 spiro atoms. The van der Waals surface area contributed by atoms with Crippen molar-refractivity contribution in [2.45, 2.75) is 19.1 Å². The average molecular weight is 479 g/mol. The van der Waals surface area contributed by atoms with Crippen LogP contribution in [0.15, 0.2) is 28.5 Å². The summed E-state index contributed by atoms with van der Waals surface area (Å²) in [4.78, 5) is 40.5. The maximum absolute atomic E-state index is 13.1. The third kappa shape index (κ3) is 6.18. The Bertz CT molecular complexity index is 1120.